The SMILES string of the molecule is COc1ccc(COC(=O)NCCN)cc1Cl. The van der Waals surface area contributed by atoms with E-state index in [1.54, 1.807) is 18.2 Å². The van der Waals surface area contributed by atoms with Gasteiger partial charge in [-0.3, -0.25) is 0 Å². The number of nitrogens with two attached hydrogens (primary N) is 1. The zero-order chi connectivity index (χ0) is 12.7. The van der Waals surface area contributed by atoms with Crippen LogP contribution in [0.2, 0.25) is 5.02 Å². The van der Waals surface area contributed by atoms with E-state index in [1.165, 1.54) is 7.11 Å². The van der Waals surface area contributed by atoms with E-state index in [9.17, 15) is 4.79 Å². The minimum atomic E-state index is -0.498. The average Bonchev–Trinajstić information content (AvgIpc) is 2.34. The summed E-state index contributed by atoms with van der Waals surface area (Å²) in [6, 6.07) is 5.19. The lowest BCUT2D eigenvalue weighted by molar-refractivity contribution is 0.140. The second kappa shape index (κ2) is 6.98. The molecule has 1 aromatic rings. The van der Waals surface area contributed by atoms with Crippen LogP contribution in [0.25, 0.3) is 0 Å². The van der Waals surface area contributed by atoms with Gasteiger partial charge < -0.3 is 20.5 Å². The van der Waals surface area contributed by atoms with E-state index >= 15 is 0 Å². The van der Waals surface area contributed by atoms with Crippen molar-refractivity contribution in [2.24, 2.45) is 5.73 Å². The monoisotopic (exact) mass is 258 g/mol. The third-order valence-corrected chi connectivity index (χ3v) is 2.30. The van der Waals surface area contributed by atoms with E-state index in [-0.39, 0.29) is 6.61 Å². The van der Waals surface area contributed by atoms with Gasteiger partial charge in [-0.2, -0.15) is 0 Å². The summed E-state index contributed by atoms with van der Waals surface area (Å²) in [6.45, 7) is 0.922. The third-order valence-electron chi connectivity index (χ3n) is 2.00. The maximum absolute atomic E-state index is 11.1. The largest absolute Gasteiger partial charge is 0.495 e. The van der Waals surface area contributed by atoms with Gasteiger partial charge in [-0.05, 0) is 17.7 Å². The highest BCUT2D eigenvalue weighted by Crippen LogP contribution is 2.25. The summed E-state index contributed by atoms with van der Waals surface area (Å²) in [5.41, 5.74) is 6.02. The highest BCUT2D eigenvalue weighted by Gasteiger charge is 2.04. The van der Waals surface area contributed by atoms with Gasteiger partial charge in [-0.15, -0.1) is 0 Å². The maximum Gasteiger partial charge on any atom is 0.407 e. The van der Waals surface area contributed by atoms with Crippen molar-refractivity contribution < 1.29 is 14.3 Å². The van der Waals surface area contributed by atoms with Crippen molar-refractivity contribution in [1.82, 2.24) is 5.32 Å². The van der Waals surface area contributed by atoms with Crippen molar-refractivity contribution in [3.63, 3.8) is 0 Å². The number of rotatable bonds is 5. The van der Waals surface area contributed by atoms with Crippen LogP contribution in [0, 0.1) is 0 Å². The van der Waals surface area contributed by atoms with Gasteiger partial charge in [0.25, 0.3) is 0 Å². The summed E-state index contributed by atoms with van der Waals surface area (Å²) < 4.78 is 9.97. The minimum absolute atomic E-state index is 0.153. The number of alkyl carbamates (subject to hydrolysis) is 1. The lowest BCUT2D eigenvalue weighted by atomic mass is 10.2. The van der Waals surface area contributed by atoms with Gasteiger partial charge in [0.05, 0.1) is 12.1 Å². The quantitative estimate of drug-likeness (QED) is 0.840. The van der Waals surface area contributed by atoms with Crippen LogP contribution in [-0.4, -0.2) is 26.3 Å². The highest BCUT2D eigenvalue weighted by molar-refractivity contribution is 6.32. The van der Waals surface area contributed by atoms with Crippen molar-refractivity contribution in [1.29, 1.82) is 0 Å². The molecule has 0 spiro atoms. The van der Waals surface area contributed by atoms with Crippen molar-refractivity contribution in [3.05, 3.63) is 28.8 Å². The molecule has 5 nitrogen and oxygen atoms in total. The fraction of sp³-hybridized carbons (Fsp3) is 0.364. The van der Waals surface area contributed by atoms with E-state index in [0.717, 1.165) is 5.56 Å². The lowest BCUT2D eigenvalue weighted by Gasteiger charge is -2.08. The number of halogens is 1. The first-order valence-electron chi connectivity index (χ1n) is 5.10. The number of methoxy groups -OCH3 is 1. The van der Waals surface area contributed by atoms with Crippen LogP contribution < -0.4 is 15.8 Å². The van der Waals surface area contributed by atoms with E-state index in [4.69, 9.17) is 26.8 Å². The molecule has 0 unspecified atom stereocenters. The van der Waals surface area contributed by atoms with Crippen LogP contribution in [-0.2, 0) is 11.3 Å². The molecular formula is C11H15ClN2O3. The summed E-state index contributed by atoms with van der Waals surface area (Å²) >= 11 is 5.93. The first kappa shape index (κ1) is 13.6. The molecule has 17 heavy (non-hydrogen) atoms. The molecule has 1 rings (SSSR count). The maximum atomic E-state index is 11.1. The Bertz CT molecular complexity index is 385. The Balaban J connectivity index is 2.47. The molecule has 94 valence electrons. The molecule has 0 atom stereocenters. The van der Waals surface area contributed by atoms with Crippen molar-refractivity contribution in [2.75, 3.05) is 20.2 Å². The first-order chi connectivity index (χ1) is 8.17. The Hall–Kier alpha value is -1.46. The van der Waals surface area contributed by atoms with Crippen molar-refractivity contribution in [3.8, 4) is 5.75 Å². The van der Waals surface area contributed by atoms with Crippen LogP contribution in [0.15, 0.2) is 18.2 Å². The average molecular weight is 259 g/mol. The van der Waals surface area contributed by atoms with Gasteiger partial charge >= 0.3 is 6.09 Å². The Labute approximate surface area is 105 Å². The lowest BCUT2D eigenvalue weighted by Crippen LogP contribution is -2.29. The van der Waals surface area contributed by atoms with Gasteiger partial charge in [0, 0.05) is 13.1 Å². The van der Waals surface area contributed by atoms with Crippen molar-refractivity contribution in [2.45, 2.75) is 6.61 Å². The molecule has 0 aliphatic heterocycles. The molecule has 0 fully saturated rings. The van der Waals surface area contributed by atoms with E-state index in [2.05, 4.69) is 5.32 Å². The van der Waals surface area contributed by atoms with Crippen LogP contribution in [0.5, 0.6) is 5.75 Å². The number of benzene rings is 1. The molecule has 1 aromatic carbocycles. The Kier molecular flexibility index (Phi) is 5.59. The van der Waals surface area contributed by atoms with Crippen LogP contribution >= 0.6 is 11.6 Å². The number of ether oxygens (including phenoxy) is 2. The molecular weight excluding hydrogens is 244 g/mol. The van der Waals surface area contributed by atoms with Gasteiger partial charge in [0.15, 0.2) is 0 Å². The van der Waals surface area contributed by atoms with Crippen LogP contribution in [0.4, 0.5) is 4.79 Å². The smallest absolute Gasteiger partial charge is 0.407 e. The molecule has 6 heteroatoms. The molecule has 0 aliphatic rings. The summed E-state index contributed by atoms with van der Waals surface area (Å²) in [4.78, 5) is 11.1. The molecule has 1 amide bonds. The predicted octanol–water partition coefficient (Wildman–Crippen LogP) is 1.53. The molecule has 0 saturated carbocycles. The topological polar surface area (TPSA) is 73.6 Å². The van der Waals surface area contributed by atoms with Crippen molar-refractivity contribution >= 4 is 17.7 Å². The minimum Gasteiger partial charge on any atom is -0.495 e. The molecule has 0 aromatic heterocycles. The predicted molar refractivity (Wildman–Crippen MR) is 65.2 cm³/mol. The van der Waals surface area contributed by atoms with Gasteiger partial charge in [0.1, 0.15) is 12.4 Å². The molecule has 0 saturated heterocycles. The van der Waals surface area contributed by atoms with Gasteiger partial charge in [0.2, 0.25) is 0 Å². The van der Waals surface area contributed by atoms with Crippen LogP contribution in [0.3, 0.4) is 0 Å². The number of hydrogen-bond donors (Lipinski definition) is 2. The zero-order valence-electron chi connectivity index (χ0n) is 9.53. The standard InChI is InChI=1S/C11H15ClN2O3/c1-16-10-3-2-8(6-9(10)12)7-17-11(15)14-5-4-13/h2-3,6H,4-5,7,13H2,1H3,(H,14,15). The summed E-state index contributed by atoms with van der Waals surface area (Å²) in [5, 5.41) is 2.98. The fourth-order valence-electron chi connectivity index (χ4n) is 1.17. The summed E-state index contributed by atoms with van der Waals surface area (Å²) in [7, 11) is 1.54. The Morgan fingerprint density at radius 1 is 1.53 bits per heavy atom. The fourth-order valence-corrected chi connectivity index (χ4v) is 1.45. The first-order valence-corrected chi connectivity index (χ1v) is 5.48. The molecule has 0 bridgehead atoms. The zero-order valence-corrected chi connectivity index (χ0v) is 10.3. The molecule has 0 heterocycles. The number of carbonyl (C=O) groups is 1. The number of carbonyl (C=O) groups excluding carboxylic acids is 1. The van der Waals surface area contributed by atoms with Crippen LogP contribution in [0.1, 0.15) is 5.56 Å². The third kappa shape index (κ3) is 4.50. The van der Waals surface area contributed by atoms with E-state index < -0.39 is 6.09 Å². The van der Waals surface area contributed by atoms with E-state index in [0.29, 0.717) is 23.9 Å². The highest BCUT2D eigenvalue weighted by atomic mass is 35.5. The molecule has 0 aliphatic carbocycles. The Morgan fingerprint density at radius 2 is 2.29 bits per heavy atom. The summed E-state index contributed by atoms with van der Waals surface area (Å²) in [6.07, 6.45) is -0.498. The number of hydrogen-bond acceptors (Lipinski definition) is 4. The second-order valence-corrected chi connectivity index (χ2v) is 3.67. The van der Waals surface area contributed by atoms with E-state index in [1.807, 2.05) is 0 Å². The molecule has 3 N–H and O–H groups in total. The second-order valence-electron chi connectivity index (χ2n) is 3.26. The van der Waals surface area contributed by atoms with Gasteiger partial charge in [-0.25, -0.2) is 4.79 Å². The molecule has 0 radical (unpaired) electrons. The number of nitrogens with one attached hydrogen (secondary N) is 1. The summed E-state index contributed by atoms with van der Waals surface area (Å²) in [5.74, 6) is 0.586. The normalized spacial score (nSPS) is 9.82. The number of amides is 1. The van der Waals surface area contributed by atoms with Gasteiger partial charge in [-0.1, -0.05) is 17.7 Å². The Morgan fingerprint density at radius 3 is 2.88 bits per heavy atom.